The van der Waals surface area contributed by atoms with Crippen molar-refractivity contribution in [1.82, 2.24) is 19.8 Å². The number of amides is 2. The molecule has 0 aliphatic rings. The fourth-order valence-electron chi connectivity index (χ4n) is 3.59. The van der Waals surface area contributed by atoms with E-state index < -0.39 is 23.0 Å². The first-order chi connectivity index (χ1) is 16.1. The van der Waals surface area contributed by atoms with Crippen LogP contribution in [0, 0.1) is 5.82 Å². The topological polar surface area (TPSA) is 114 Å². The van der Waals surface area contributed by atoms with Crippen LogP contribution in [0.3, 0.4) is 0 Å². The smallest absolute Gasteiger partial charge is 0.267 e. The third kappa shape index (κ3) is 5.23. The quantitative estimate of drug-likeness (QED) is 0.485. The van der Waals surface area contributed by atoms with E-state index in [1.54, 1.807) is 19.2 Å². The van der Waals surface area contributed by atoms with Crippen molar-refractivity contribution < 1.29 is 23.8 Å². The van der Waals surface area contributed by atoms with Crippen molar-refractivity contribution in [2.45, 2.75) is 19.9 Å². The van der Waals surface area contributed by atoms with Gasteiger partial charge in [0.15, 0.2) is 5.75 Å². The molecule has 0 bridgehead atoms. The van der Waals surface area contributed by atoms with Crippen molar-refractivity contribution in [3.8, 4) is 5.75 Å². The second-order valence-electron chi connectivity index (χ2n) is 8.01. The summed E-state index contributed by atoms with van der Waals surface area (Å²) in [5.74, 6) is -1.76. The van der Waals surface area contributed by atoms with E-state index in [9.17, 15) is 23.9 Å². The number of rotatable bonds is 8. The maximum absolute atomic E-state index is 13.9. The molecule has 2 N–H and O–H groups in total. The number of aromatic nitrogens is 2. The van der Waals surface area contributed by atoms with E-state index in [0.717, 1.165) is 5.56 Å². The van der Waals surface area contributed by atoms with Crippen LogP contribution in [0.1, 0.15) is 34.0 Å². The monoisotopic (exact) mass is 470 g/mol. The molecule has 3 aromatic rings. The van der Waals surface area contributed by atoms with E-state index in [2.05, 4.69) is 10.3 Å². The number of fused-ring (bicyclic) bond motifs is 1. The van der Waals surface area contributed by atoms with Crippen LogP contribution in [0.5, 0.6) is 5.75 Å². The van der Waals surface area contributed by atoms with Gasteiger partial charge in [-0.2, -0.15) is 0 Å². The average molecular weight is 471 g/mol. The molecule has 0 spiro atoms. The minimum absolute atomic E-state index is 0.110. The van der Waals surface area contributed by atoms with Crippen LogP contribution in [0.15, 0.2) is 35.3 Å². The lowest BCUT2D eigenvalue weighted by Crippen LogP contribution is -2.34. The predicted molar refractivity (Wildman–Crippen MR) is 124 cm³/mol. The highest BCUT2D eigenvalue weighted by molar-refractivity contribution is 6.01. The van der Waals surface area contributed by atoms with E-state index in [0.29, 0.717) is 23.1 Å². The molecule has 3 rings (SSSR count). The molecule has 0 fully saturated rings. The zero-order valence-corrected chi connectivity index (χ0v) is 19.5. The first-order valence-corrected chi connectivity index (χ1v) is 10.6. The molecule has 2 amide bonds. The van der Waals surface area contributed by atoms with E-state index in [1.807, 2.05) is 0 Å². The summed E-state index contributed by atoms with van der Waals surface area (Å²) in [5.41, 5.74) is 1.55. The summed E-state index contributed by atoms with van der Waals surface area (Å²) >= 11 is 0. The molecule has 10 heteroatoms. The lowest BCUT2D eigenvalue weighted by Gasteiger charge is -2.18. The van der Waals surface area contributed by atoms with Gasteiger partial charge in [-0.25, -0.2) is 4.39 Å². The Labute approximate surface area is 195 Å². The number of halogens is 1. The summed E-state index contributed by atoms with van der Waals surface area (Å²) in [6.45, 7) is 2.12. The highest BCUT2D eigenvalue weighted by Crippen LogP contribution is 2.26. The molecule has 0 aliphatic carbocycles. The maximum Gasteiger partial charge on any atom is 0.267 e. The molecule has 2 heterocycles. The van der Waals surface area contributed by atoms with Crippen LogP contribution < -0.4 is 10.9 Å². The number of aromatic hydroxyl groups is 1. The zero-order chi connectivity index (χ0) is 25.0. The summed E-state index contributed by atoms with van der Waals surface area (Å²) in [5, 5.41) is 13.2. The van der Waals surface area contributed by atoms with Gasteiger partial charge in [0, 0.05) is 47.4 Å². The molecule has 0 atom stereocenters. The number of methoxy groups -OCH3 is 1. The average Bonchev–Trinajstić information content (AvgIpc) is 2.79. The largest absolute Gasteiger partial charge is 0.505 e. The summed E-state index contributed by atoms with van der Waals surface area (Å²) in [6, 6.07) is 6.07. The fourth-order valence-corrected chi connectivity index (χ4v) is 3.59. The minimum atomic E-state index is -0.714. The van der Waals surface area contributed by atoms with Crippen molar-refractivity contribution in [3.05, 3.63) is 68.9 Å². The lowest BCUT2D eigenvalue weighted by molar-refractivity contribution is -0.128. The minimum Gasteiger partial charge on any atom is -0.505 e. The van der Waals surface area contributed by atoms with Gasteiger partial charge in [-0.15, -0.1) is 0 Å². The number of ether oxygens (including phenoxy) is 1. The first-order valence-electron chi connectivity index (χ1n) is 10.6. The summed E-state index contributed by atoms with van der Waals surface area (Å²) in [4.78, 5) is 42.7. The van der Waals surface area contributed by atoms with Gasteiger partial charge in [0.05, 0.1) is 12.1 Å². The van der Waals surface area contributed by atoms with Crippen molar-refractivity contribution in [2.24, 2.45) is 7.05 Å². The van der Waals surface area contributed by atoms with Gasteiger partial charge in [0.25, 0.3) is 11.5 Å². The fraction of sp³-hybridized carbons (Fsp3) is 0.333. The molecular formula is C24H27FN4O5. The molecule has 1 aromatic carbocycles. The second kappa shape index (κ2) is 10.4. The van der Waals surface area contributed by atoms with Crippen molar-refractivity contribution in [3.63, 3.8) is 0 Å². The number of benzene rings is 1. The molecule has 0 aliphatic heterocycles. The zero-order valence-electron chi connectivity index (χ0n) is 19.5. The standard InChI is InChI=1S/C24H27FN4O5/c1-14(30)28(2)13-17-11-18(25)6-5-16(17)9-15-10-19-21(27-12-15)22(31)20(24(33)29(19)3)23(32)26-7-8-34-4/h5-6,10-12,31H,7-9,13H2,1-4H3,(H,26,32). The molecular weight excluding hydrogens is 443 g/mol. The van der Waals surface area contributed by atoms with Crippen LogP contribution in [-0.2, 0) is 29.5 Å². The number of hydrogen-bond donors (Lipinski definition) is 2. The van der Waals surface area contributed by atoms with Gasteiger partial charge < -0.3 is 24.6 Å². The Balaban J connectivity index is 1.99. The molecule has 34 heavy (non-hydrogen) atoms. The number of nitrogens with one attached hydrogen (secondary N) is 1. The van der Waals surface area contributed by atoms with Gasteiger partial charge >= 0.3 is 0 Å². The van der Waals surface area contributed by atoms with Crippen LogP contribution in [-0.4, -0.2) is 58.7 Å². The van der Waals surface area contributed by atoms with E-state index in [1.165, 1.54) is 48.9 Å². The third-order valence-electron chi connectivity index (χ3n) is 5.59. The van der Waals surface area contributed by atoms with Gasteiger partial charge in [0.1, 0.15) is 16.9 Å². The Morgan fingerprint density at radius 2 is 2.00 bits per heavy atom. The van der Waals surface area contributed by atoms with Gasteiger partial charge in [0.2, 0.25) is 5.91 Å². The molecule has 9 nitrogen and oxygen atoms in total. The predicted octanol–water partition coefficient (Wildman–Crippen LogP) is 1.72. The van der Waals surface area contributed by atoms with Crippen molar-refractivity contribution >= 4 is 22.8 Å². The van der Waals surface area contributed by atoms with Crippen LogP contribution >= 0.6 is 0 Å². The highest BCUT2D eigenvalue weighted by atomic mass is 19.1. The Hall–Kier alpha value is -3.79. The van der Waals surface area contributed by atoms with Crippen molar-refractivity contribution in [1.29, 1.82) is 0 Å². The highest BCUT2D eigenvalue weighted by Gasteiger charge is 2.22. The van der Waals surface area contributed by atoms with Gasteiger partial charge in [-0.1, -0.05) is 6.07 Å². The first kappa shape index (κ1) is 24.8. The molecule has 0 saturated heterocycles. The third-order valence-corrected chi connectivity index (χ3v) is 5.59. The van der Waals surface area contributed by atoms with Crippen molar-refractivity contribution in [2.75, 3.05) is 27.3 Å². The number of carbonyl (C=O) groups excluding carboxylic acids is 2. The lowest BCUT2D eigenvalue weighted by atomic mass is 9.99. The maximum atomic E-state index is 13.9. The Bertz CT molecular complexity index is 1300. The molecule has 2 aromatic heterocycles. The number of pyridine rings is 2. The number of hydrogen-bond acceptors (Lipinski definition) is 6. The Kier molecular flexibility index (Phi) is 7.62. The molecule has 0 saturated carbocycles. The Morgan fingerprint density at radius 3 is 2.68 bits per heavy atom. The van der Waals surface area contributed by atoms with Crippen LogP contribution in [0.4, 0.5) is 4.39 Å². The van der Waals surface area contributed by atoms with Crippen LogP contribution in [0.25, 0.3) is 11.0 Å². The molecule has 0 radical (unpaired) electrons. The molecule has 180 valence electrons. The van der Waals surface area contributed by atoms with E-state index in [-0.39, 0.29) is 36.7 Å². The second-order valence-corrected chi connectivity index (χ2v) is 8.01. The summed E-state index contributed by atoms with van der Waals surface area (Å²) < 4.78 is 20.0. The normalized spacial score (nSPS) is 11.0. The number of carbonyl (C=O) groups is 2. The number of nitrogens with zero attached hydrogens (tertiary/aromatic N) is 3. The van der Waals surface area contributed by atoms with Crippen LogP contribution in [0.2, 0.25) is 0 Å². The van der Waals surface area contributed by atoms with E-state index >= 15 is 0 Å². The SMILES string of the molecule is COCCNC(=O)c1c(O)c2ncc(Cc3ccc(F)cc3CN(C)C(C)=O)cc2n(C)c1=O. The summed E-state index contributed by atoms with van der Waals surface area (Å²) in [6.07, 6.45) is 1.89. The van der Waals surface area contributed by atoms with Gasteiger partial charge in [-0.05, 0) is 41.3 Å². The molecule has 0 unspecified atom stereocenters. The number of aryl methyl sites for hydroxylation is 1. The Morgan fingerprint density at radius 1 is 1.26 bits per heavy atom. The summed E-state index contributed by atoms with van der Waals surface area (Å²) in [7, 11) is 4.61. The van der Waals surface area contributed by atoms with Gasteiger partial charge in [-0.3, -0.25) is 19.4 Å². The van der Waals surface area contributed by atoms with E-state index in [4.69, 9.17) is 4.74 Å².